The van der Waals surface area contributed by atoms with Gasteiger partial charge in [-0.25, -0.2) is 4.98 Å². The van der Waals surface area contributed by atoms with E-state index < -0.39 is 5.54 Å². The van der Waals surface area contributed by atoms with E-state index in [1.165, 1.54) is 24.2 Å². The molecule has 0 saturated carbocycles. The maximum atomic E-state index is 9.34. The minimum absolute atomic E-state index is 0.0739. The van der Waals surface area contributed by atoms with E-state index in [2.05, 4.69) is 16.5 Å². The first-order valence-electron chi connectivity index (χ1n) is 7.54. The predicted octanol–water partition coefficient (Wildman–Crippen LogP) is 1.95. The lowest BCUT2D eigenvalue weighted by Gasteiger charge is -2.26. The molecule has 0 radical (unpaired) electrons. The van der Waals surface area contributed by atoms with Crippen LogP contribution in [0.15, 0.2) is 0 Å². The molecule has 4 nitrogen and oxygen atoms in total. The van der Waals surface area contributed by atoms with Crippen molar-refractivity contribution in [2.75, 3.05) is 6.61 Å². The molecule has 1 aliphatic rings. The van der Waals surface area contributed by atoms with E-state index >= 15 is 0 Å². The first kappa shape index (κ1) is 14.5. The molecule has 1 unspecified atom stereocenters. The second-order valence-electron chi connectivity index (χ2n) is 5.89. The van der Waals surface area contributed by atoms with Crippen LogP contribution < -0.4 is 5.73 Å². The fourth-order valence-corrected chi connectivity index (χ4v) is 2.99. The van der Waals surface area contributed by atoms with Crippen molar-refractivity contribution in [3.05, 3.63) is 17.2 Å². The molecule has 19 heavy (non-hydrogen) atoms. The quantitative estimate of drug-likeness (QED) is 0.826. The monoisotopic (exact) mass is 265 g/mol. The summed E-state index contributed by atoms with van der Waals surface area (Å²) in [5, 5.41) is 9.34. The number of aliphatic hydroxyl groups excluding tert-OH is 1. The average Bonchev–Trinajstić information content (AvgIpc) is 2.75. The van der Waals surface area contributed by atoms with Crippen LogP contribution in [-0.4, -0.2) is 26.8 Å². The van der Waals surface area contributed by atoms with E-state index in [0.717, 1.165) is 44.5 Å². The molecule has 1 aliphatic carbocycles. The summed E-state index contributed by atoms with van der Waals surface area (Å²) in [6.07, 6.45) is 7.55. The van der Waals surface area contributed by atoms with E-state index in [1.807, 2.05) is 6.92 Å². The van der Waals surface area contributed by atoms with Crippen molar-refractivity contribution in [1.29, 1.82) is 0 Å². The number of aromatic nitrogens is 2. The molecule has 0 saturated heterocycles. The number of fused-ring (bicyclic) bond motifs is 1. The van der Waals surface area contributed by atoms with Crippen molar-refractivity contribution in [1.82, 2.24) is 9.55 Å². The molecule has 4 heteroatoms. The van der Waals surface area contributed by atoms with Crippen LogP contribution >= 0.6 is 0 Å². The smallest absolute Gasteiger partial charge is 0.106 e. The molecular formula is C15H27N3O. The zero-order chi connectivity index (χ0) is 13.9. The van der Waals surface area contributed by atoms with Gasteiger partial charge in [0, 0.05) is 17.8 Å². The van der Waals surface area contributed by atoms with Crippen LogP contribution in [0, 0.1) is 6.92 Å². The van der Waals surface area contributed by atoms with Gasteiger partial charge in [-0.1, -0.05) is 6.92 Å². The Kier molecular flexibility index (Phi) is 4.63. The van der Waals surface area contributed by atoms with Crippen molar-refractivity contribution < 1.29 is 5.11 Å². The van der Waals surface area contributed by atoms with Crippen LogP contribution in [-0.2, 0) is 19.4 Å². The Balaban J connectivity index is 1.98. The zero-order valence-electron chi connectivity index (χ0n) is 12.3. The van der Waals surface area contributed by atoms with Gasteiger partial charge in [-0.2, -0.15) is 0 Å². The highest BCUT2D eigenvalue weighted by Crippen LogP contribution is 2.23. The largest absolute Gasteiger partial charge is 0.394 e. The molecule has 1 aromatic rings. The third kappa shape index (κ3) is 3.18. The highest BCUT2D eigenvalue weighted by molar-refractivity contribution is 5.19. The Labute approximate surface area is 116 Å². The van der Waals surface area contributed by atoms with Crippen LogP contribution in [0.2, 0.25) is 0 Å². The van der Waals surface area contributed by atoms with Crippen LogP contribution in [0.3, 0.4) is 0 Å². The second kappa shape index (κ2) is 6.06. The molecular weight excluding hydrogens is 238 g/mol. The lowest BCUT2D eigenvalue weighted by molar-refractivity contribution is 0.178. The molecule has 1 heterocycles. The first-order chi connectivity index (χ1) is 9.09. The van der Waals surface area contributed by atoms with Crippen molar-refractivity contribution in [2.45, 2.75) is 70.9 Å². The number of nitrogens with two attached hydrogens (primary N) is 1. The summed E-state index contributed by atoms with van der Waals surface area (Å²) in [6.45, 7) is 5.19. The van der Waals surface area contributed by atoms with E-state index in [-0.39, 0.29) is 6.61 Å². The predicted molar refractivity (Wildman–Crippen MR) is 77.1 cm³/mol. The van der Waals surface area contributed by atoms with E-state index in [9.17, 15) is 5.11 Å². The highest BCUT2D eigenvalue weighted by atomic mass is 16.3. The molecule has 1 aromatic heterocycles. The standard InChI is InChI=1S/C15H27N3O/c1-3-15(16,11-19)9-6-10-18-12(2)17-13-7-4-5-8-14(13)18/h19H,3-11,16H2,1-2H3. The molecule has 3 N–H and O–H groups in total. The van der Waals surface area contributed by atoms with Crippen LogP contribution in [0.4, 0.5) is 0 Å². The maximum absolute atomic E-state index is 9.34. The van der Waals surface area contributed by atoms with Gasteiger partial charge in [-0.3, -0.25) is 0 Å². The molecule has 108 valence electrons. The lowest BCUT2D eigenvalue weighted by atomic mass is 9.92. The molecule has 2 rings (SSSR count). The molecule has 0 bridgehead atoms. The first-order valence-corrected chi connectivity index (χ1v) is 7.54. The van der Waals surface area contributed by atoms with Crippen molar-refractivity contribution in [3.63, 3.8) is 0 Å². The molecule has 0 fully saturated rings. The highest BCUT2D eigenvalue weighted by Gasteiger charge is 2.22. The Morgan fingerprint density at radius 2 is 2.11 bits per heavy atom. The summed E-state index contributed by atoms with van der Waals surface area (Å²) >= 11 is 0. The van der Waals surface area contributed by atoms with E-state index in [4.69, 9.17) is 5.73 Å². The maximum Gasteiger partial charge on any atom is 0.106 e. The number of rotatable bonds is 6. The van der Waals surface area contributed by atoms with Crippen molar-refractivity contribution >= 4 is 0 Å². The van der Waals surface area contributed by atoms with Gasteiger partial charge in [0.2, 0.25) is 0 Å². The van der Waals surface area contributed by atoms with Crippen molar-refractivity contribution in [2.24, 2.45) is 5.73 Å². The van der Waals surface area contributed by atoms with Crippen LogP contribution in [0.5, 0.6) is 0 Å². The number of hydrogen-bond donors (Lipinski definition) is 2. The SMILES string of the molecule is CCC(N)(CO)CCCn1c(C)nc2c1CCCC2. The minimum Gasteiger partial charge on any atom is -0.394 e. The molecule has 0 aromatic carbocycles. The summed E-state index contributed by atoms with van der Waals surface area (Å²) in [6, 6.07) is 0. The summed E-state index contributed by atoms with van der Waals surface area (Å²) in [4.78, 5) is 4.69. The topological polar surface area (TPSA) is 64.1 Å². The number of hydrogen-bond acceptors (Lipinski definition) is 3. The van der Waals surface area contributed by atoms with Crippen LogP contribution in [0.25, 0.3) is 0 Å². The average molecular weight is 265 g/mol. The molecule has 1 atom stereocenters. The lowest BCUT2D eigenvalue weighted by Crippen LogP contribution is -2.43. The zero-order valence-corrected chi connectivity index (χ0v) is 12.3. The van der Waals surface area contributed by atoms with Gasteiger partial charge >= 0.3 is 0 Å². The Morgan fingerprint density at radius 1 is 1.37 bits per heavy atom. The minimum atomic E-state index is -0.408. The Bertz CT molecular complexity index is 421. The Morgan fingerprint density at radius 3 is 2.79 bits per heavy atom. The fraction of sp³-hybridized carbons (Fsp3) is 0.800. The molecule has 0 spiro atoms. The number of aliphatic hydroxyl groups is 1. The van der Waals surface area contributed by atoms with Gasteiger partial charge in [0.25, 0.3) is 0 Å². The summed E-state index contributed by atoms with van der Waals surface area (Å²) < 4.78 is 2.36. The summed E-state index contributed by atoms with van der Waals surface area (Å²) in [7, 11) is 0. The third-order valence-corrected chi connectivity index (χ3v) is 4.50. The number of imidazole rings is 1. The Hall–Kier alpha value is -0.870. The van der Waals surface area contributed by atoms with Gasteiger partial charge in [0.15, 0.2) is 0 Å². The second-order valence-corrected chi connectivity index (χ2v) is 5.89. The normalized spacial score (nSPS) is 18.1. The third-order valence-electron chi connectivity index (χ3n) is 4.50. The van der Waals surface area contributed by atoms with Gasteiger partial charge < -0.3 is 15.4 Å². The summed E-state index contributed by atoms with van der Waals surface area (Å²) in [5.41, 5.74) is 8.47. The van der Waals surface area contributed by atoms with Gasteiger partial charge in [-0.05, 0) is 51.9 Å². The fourth-order valence-electron chi connectivity index (χ4n) is 2.99. The van der Waals surface area contributed by atoms with E-state index in [1.54, 1.807) is 0 Å². The van der Waals surface area contributed by atoms with Gasteiger partial charge in [0.05, 0.1) is 12.3 Å². The summed E-state index contributed by atoms with van der Waals surface area (Å²) in [5.74, 6) is 1.13. The van der Waals surface area contributed by atoms with Crippen molar-refractivity contribution in [3.8, 4) is 0 Å². The van der Waals surface area contributed by atoms with Gasteiger partial charge in [0.1, 0.15) is 5.82 Å². The van der Waals surface area contributed by atoms with Crippen LogP contribution in [0.1, 0.15) is 56.2 Å². The molecule has 0 amide bonds. The number of nitrogens with zero attached hydrogens (tertiary/aromatic N) is 2. The van der Waals surface area contributed by atoms with Gasteiger partial charge in [-0.15, -0.1) is 0 Å². The number of aryl methyl sites for hydroxylation is 2. The van der Waals surface area contributed by atoms with E-state index in [0.29, 0.717) is 0 Å². The molecule has 0 aliphatic heterocycles.